The van der Waals surface area contributed by atoms with E-state index in [1.54, 1.807) is 37.6 Å². The molecule has 0 aliphatic rings. The Hall–Kier alpha value is -2.14. The van der Waals surface area contributed by atoms with E-state index in [0.717, 1.165) is 11.3 Å². The summed E-state index contributed by atoms with van der Waals surface area (Å²) in [7, 11) is 0.519. The first-order valence-electron chi connectivity index (χ1n) is 6.45. The number of nitrogens with one attached hydrogen (secondary N) is 1. The molecule has 0 saturated carbocycles. The Morgan fingerprint density at radius 3 is 2.52 bits per heavy atom. The predicted octanol–water partition coefficient (Wildman–Crippen LogP) is 2.36. The molecule has 1 unspecified atom stereocenters. The van der Waals surface area contributed by atoms with Gasteiger partial charge in [-0.3, -0.25) is 9.00 Å². The van der Waals surface area contributed by atoms with Crippen LogP contribution in [0.5, 0.6) is 5.75 Å². The van der Waals surface area contributed by atoms with Gasteiger partial charge in [0.05, 0.1) is 7.11 Å². The van der Waals surface area contributed by atoms with Crippen LogP contribution >= 0.6 is 0 Å². The van der Waals surface area contributed by atoms with Crippen molar-refractivity contribution in [1.82, 2.24) is 5.32 Å². The van der Waals surface area contributed by atoms with E-state index in [1.807, 2.05) is 24.3 Å². The van der Waals surface area contributed by atoms with E-state index in [2.05, 4.69) is 5.32 Å². The van der Waals surface area contributed by atoms with Gasteiger partial charge in [-0.05, 0) is 35.9 Å². The van der Waals surface area contributed by atoms with Gasteiger partial charge in [0.2, 0.25) is 0 Å². The second-order valence-corrected chi connectivity index (χ2v) is 5.89. The maximum atomic E-state index is 12.1. The van der Waals surface area contributed by atoms with E-state index in [-0.39, 0.29) is 5.91 Å². The van der Waals surface area contributed by atoms with E-state index in [9.17, 15) is 9.00 Å². The lowest BCUT2D eigenvalue weighted by Crippen LogP contribution is -2.22. The molecule has 1 amide bonds. The SMILES string of the molecule is COc1ccc(CNC(=O)c2cccc(S(C)=O)c2)cc1. The first-order valence-corrected chi connectivity index (χ1v) is 8.00. The topological polar surface area (TPSA) is 55.4 Å². The number of carbonyl (C=O) groups is 1. The first kappa shape index (κ1) is 15.3. The van der Waals surface area contributed by atoms with Gasteiger partial charge in [-0.2, -0.15) is 0 Å². The second-order valence-electron chi connectivity index (χ2n) is 4.51. The minimum Gasteiger partial charge on any atom is -0.497 e. The number of methoxy groups -OCH3 is 1. The Morgan fingerprint density at radius 2 is 1.90 bits per heavy atom. The van der Waals surface area contributed by atoms with Crippen molar-refractivity contribution in [2.45, 2.75) is 11.4 Å². The van der Waals surface area contributed by atoms with Gasteiger partial charge in [0.15, 0.2) is 0 Å². The number of carbonyl (C=O) groups excluding carboxylic acids is 1. The molecular formula is C16H17NO3S. The third-order valence-corrected chi connectivity index (χ3v) is 3.96. The molecule has 5 heteroatoms. The molecule has 2 aromatic rings. The fourth-order valence-electron chi connectivity index (χ4n) is 1.84. The number of benzene rings is 2. The summed E-state index contributed by atoms with van der Waals surface area (Å²) in [5.74, 6) is 0.598. The number of amides is 1. The molecule has 0 radical (unpaired) electrons. The molecule has 0 aromatic heterocycles. The molecule has 0 heterocycles. The predicted molar refractivity (Wildman–Crippen MR) is 82.9 cm³/mol. The summed E-state index contributed by atoms with van der Waals surface area (Å²) >= 11 is 0. The summed E-state index contributed by atoms with van der Waals surface area (Å²) in [6, 6.07) is 14.3. The van der Waals surface area contributed by atoms with Gasteiger partial charge < -0.3 is 10.1 Å². The summed E-state index contributed by atoms with van der Waals surface area (Å²) in [5, 5.41) is 2.84. The van der Waals surface area contributed by atoms with Gasteiger partial charge in [0, 0.05) is 34.1 Å². The number of ether oxygens (including phenoxy) is 1. The molecule has 0 spiro atoms. The van der Waals surface area contributed by atoms with Crippen LogP contribution in [0.25, 0.3) is 0 Å². The molecule has 1 atom stereocenters. The van der Waals surface area contributed by atoms with Crippen LogP contribution in [0, 0.1) is 0 Å². The van der Waals surface area contributed by atoms with Crippen molar-refractivity contribution in [2.75, 3.05) is 13.4 Å². The van der Waals surface area contributed by atoms with Crippen molar-refractivity contribution in [3.05, 3.63) is 59.7 Å². The Balaban J connectivity index is 2.00. The van der Waals surface area contributed by atoms with Crippen LogP contribution < -0.4 is 10.1 Å². The van der Waals surface area contributed by atoms with Gasteiger partial charge in [0.25, 0.3) is 5.91 Å². The molecule has 4 nitrogen and oxygen atoms in total. The molecule has 0 bridgehead atoms. The van der Waals surface area contributed by atoms with E-state index in [1.165, 1.54) is 0 Å². The minimum absolute atomic E-state index is 0.182. The highest BCUT2D eigenvalue weighted by Gasteiger charge is 2.07. The third kappa shape index (κ3) is 4.16. The normalized spacial score (nSPS) is 11.7. The number of hydrogen-bond acceptors (Lipinski definition) is 3. The van der Waals surface area contributed by atoms with Crippen molar-refractivity contribution < 1.29 is 13.7 Å². The average molecular weight is 303 g/mol. The molecule has 0 aliphatic heterocycles. The highest BCUT2D eigenvalue weighted by molar-refractivity contribution is 7.84. The van der Waals surface area contributed by atoms with E-state index in [4.69, 9.17) is 4.74 Å². The Kier molecular flexibility index (Phi) is 5.11. The maximum Gasteiger partial charge on any atom is 0.251 e. The molecule has 2 rings (SSSR count). The zero-order valence-electron chi connectivity index (χ0n) is 12.0. The van der Waals surface area contributed by atoms with Crippen LogP contribution in [-0.4, -0.2) is 23.5 Å². The molecule has 110 valence electrons. The van der Waals surface area contributed by atoms with Gasteiger partial charge in [-0.1, -0.05) is 18.2 Å². The summed E-state index contributed by atoms with van der Waals surface area (Å²) < 4.78 is 16.5. The molecule has 0 aliphatic carbocycles. The van der Waals surface area contributed by atoms with Crippen molar-refractivity contribution >= 4 is 16.7 Å². The van der Waals surface area contributed by atoms with Crippen LogP contribution in [0.1, 0.15) is 15.9 Å². The third-order valence-electron chi connectivity index (χ3n) is 3.04. The van der Waals surface area contributed by atoms with Crippen LogP contribution in [0.4, 0.5) is 0 Å². The zero-order valence-corrected chi connectivity index (χ0v) is 12.8. The summed E-state index contributed by atoms with van der Waals surface area (Å²) in [5.41, 5.74) is 1.50. The minimum atomic E-state index is -1.09. The Labute approximate surface area is 126 Å². The van der Waals surface area contributed by atoms with Crippen LogP contribution in [-0.2, 0) is 17.3 Å². The fourth-order valence-corrected chi connectivity index (χ4v) is 2.41. The fraction of sp³-hybridized carbons (Fsp3) is 0.188. The van der Waals surface area contributed by atoms with Gasteiger partial charge in [-0.25, -0.2) is 0 Å². The van der Waals surface area contributed by atoms with Gasteiger partial charge in [-0.15, -0.1) is 0 Å². The lowest BCUT2D eigenvalue weighted by Gasteiger charge is -2.07. The molecule has 0 saturated heterocycles. The number of hydrogen-bond donors (Lipinski definition) is 1. The molecule has 0 fully saturated rings. The average Bonchev–Trinajstić information content (AvgIpc) is 2.53. The summed E-state index contributed by atoms with van der Waals surface area (Å²) in [6.45, 7) is 0.433. The van der Waals surface area contributed by atoms with Crippen molar-refractivity contribution in [2.24, 2.45) is 0 Å². The van der Waals surface area contributed by atoms with Crippen molar-refractivity contribution in [3.63, 3.8) is 0 Å². The quantitative estimate of drug-likeness (QED) is 0.922. The molecular weight excluding hydrogens is 286 g/mol. The lowest BCUT2D eigenvalue weighted by atomic mass is 10.2. The Morgan fingerprint density at radius 1 is 1.19 bits per heavy atom. The highest BCUT2D eigenvalue weighted by atomic mass is 32.2. The smallest absolute Gasteiger partial charge is 0.251 e. The van der Waals surface area contributed by atoms with Crippen LogP contribution in [0.3, 0.4) is 0 Å². The van der Waals surface area contributed by atoms with Gasteiger partial charge >= 0.3 is 0 Å². The largest absolute Gasteiger partial charge is 0.497 e. The molecule has 1 N–H and O–H groups in total. The lowest BCUT2D eigenvalue weighted by molar-refractivity contribution is 0.0950. The molecule has 2 aromatic carbocycles. The Bertz CT molecular complexity index is 653. The van der Waals surface area contributed by atoms with E-state index in [0.29, 0.717) is 17.0 Å². The first-order chi connectivity index (χ1) is 10.1. The molecule has 21 heavy (non-hydrogen) atoms. The summed E-state index contributed by atoms with van der Waals surface area (Å²) in [4.78, 5) is 12.7. The summed E-state index contributed by atoms with van der Waals surface area (Å²) in [6.07, 6.45) is 1.59. The number of rotatable bonds is 5. The van der Waals surface area contributed by atoms with Crippen LogP contribution in [0.2, 0.25) is 0 Å². The van der Waals surface area contributed by atoms with Gasteiger partial charge in [0.1, 0.15) is 5.75 Å². The van der Waals surface area contributed by atoms with E-state index >= 15 is 0 Å². The van der Waals surface area contributed by atoms with Crippen molar-refractivity contribution in [1.29, 1.82) is 0 Å². The van der Waals surface area contributed by atoms with Crippen LogP contribution in [0.15, 0.2) is 53.4 Å². The second kappa shape index (κ2) is 7.04. The highest BCUT2D eigenvalue weighted by Crippen LogP contribution is 2.12. The standard InChI is InChI=1S/C16H17NO3S/c1-20-14-8-6-12(7-9-14)11-17-16(18)13-4-3-5-15(10-13)21(2)19/h3-10H,11H2,1-2H3,(H,17,18). The monoisotopic (exact) mass is 303 g/mol. The maximum absolute atomic E-state index is 12.1. The van der Waals surface area contributed by atoms with E-state index < -0.39 is 10.8 Å². The van der Waals surface area contributed by atoms with Crippen molar-refractivity contribution in [3.8, 4) is 5.75 Å². The zero-order chi connectivity index (χ0) is 15.2.